The number of aliphatic hydroxyl groups excluding tert-OH is 1. The van der Waals surface area contributed by atoms with Crippen LogP contribution in [0.3, 0.4) is 0 Å². The van der Waals surface area contributed by atoms with Crippen LogP contribution in [0.15, 0.2) is 72.9 Å². The van der Waals surface area contributed by atoms with Crippen molar-refractivity contribution >= 4 is 39.3 Å². The number of nitrogens with two attached hydrogens (primary N) is 1. The summed E-state index contributed by atoms with van der Waals surface area (Å²) in [5.74, 6) is -0.564. The van der Waals surface area contributed by atoms with Crippen molar-refractivity contribution < 1.29 is 14.7 Å². The topological polar surface area (TPSA) is 118 Å². The maximum Gasteiger partial charge on any atom is 0.253 e. The van der Waals surface area contributed by atoms with E-state index < -0.39 is 12.0 Å². The molecule has 0 saturated heterocycles. The first kappa shape index (κ1) is 26.1. The van der Waals surface area contributed by atoms with E-state index in [-0.39, 0.29) is 18.9 Å². The second kappa shape index (κ2) is 10.7. The van der Waals surface area contributed by atoms with E-state index in [0.717, 1.165) is 38.6 Å². The molecule has 5 N–H and O–H groups in total. The second-order valence-electron chi connectivity index (χ2n) is 10.1. The number of anilines is 1. The Labute approximate surface area is 227 Å². The van der Waals surface area contributed by atoms with Gasteiger partial charge in [0.05, 0.1) is 6.54 Å². The summed E-state index contributed by atoms with van der Waals surface area (Å²) in [5, 5.41) is 12.8. The molecule has 0 bridgehead atoms. The van der Waals surface area contributed by atoms with Gasteiger partial charge in [0.2, 0.25) is 0 Å². The lowest BCUT2D eigenvalue weighted by atomic mass is 10.0. The van der Waals surface area contributed by atoms with Gasteiger partial charge in [0.25, 0.3) is 11.8 Å². The number of aliphatic hydroxyl groups is 1. The molecule has 5 aromatic rings. The van der Waals surface area contributed by atoms with Gasteiger partial charge < -0.3 is 30.6 Å². The van der Waals surface area contributed by atoms with E-state index in [4.69, 9.17) is 5.73 Å². The fourth-order valence-corrected chi connectivity index (χ4v) is 5.09. The summed E-state index contributed by atoms with van der Waals surface area (Å²) in [6.45, 7) is 2.65. The van der Waals surface area contributed by atoms with E-state index in [0.29, 0.717) is 23.4 Å². The number of aromatic nitrogens is 2. The van der Waals surface area contributed by atoms with Crippen LogP contribution < -0.4 is 5.73 Å². The molecule has 0 aliphatic carbocycles. The quantitative estimate of drug-likeness (QED) is 0.226. The fourth-order valence-electron chi connectivity index (χ4n) is 5.09. The molecule has 200 valence electrons. The molecule has 1 unspecified atom stereocenters. The molecule has 5 rings (SSSR count). The van der Waals surface area contributed by atoms with Gasteiger partial charge in [-0.25, -0.2) is 0 Å². The van der Waals surface area contributed by atoms with Crippen LogP contribution in [0, 0.1) is 6.92 Å². The van der Waals surface area contributed by atoms with Gasteiger partial charge in [-0.3, -0.25) is 9.59 Å². The Morgan fingerprint density at radius 3 is 2.33 bits per heavy atom. The summed E-state index contributed by atoms with van der Waals surface area (Å²) in [6, 6.07) is 20.9. The van der Waals surface area contributed by atoms with Crippen molar-refractivity contribution in [2.45, 2.75) is 32.5 Å². The number of hydrogen-bond acceptors (Lipinski definition) is 4. The van der Waals surface area contributed by atoms with E-state index in [1.807, 2.05) is 55.6 Å². The number of benzene rings is 3. The van der Waals surface area contributed by atoms with Crippen molar-refractivity contribution in [3.63, 3.8) is 0 Å². The highest BCUT2D eigenvalue weighted by Crippen LogP contribution is 2.24. The number of carbonyl (C=O) groups excluding carboxylic acids is 2. The van der Waals surface area contributed by atoms with Crippen LogP contribution in [0.4, 0.5) is 5.69 Å². The van der Waals surface area contributed by atoms with Crippen molar-refractivity contribution in [2.75, 3.05) is 19.8 Å². The van der Waals surface area contributed by atoms with Crippen LogP contribution in [-0.2, 0) is 24.3 Å². The largest absolute Gasteiger partial charge is 0.398 e. The highest BCUT2D eigenvalue weighted by atomic mass is 16.3. The summed E-state index contributed by atoms with van der Waals surface area (Å²) >= 11 is 0. The van der Waals surface area contributed by atoms with Crippen LogP contribution in [0.25, 0.3) is 21.8 Å². The highest BCUT2D eigenvalue weighted by Gasteiger charge is 2.23. The third-order valence-corrected chi connectivity index (χ3v) is 7.36. The molecule has 0 saturated carbocycles. The summed E-state index contributed by atoms with van der Waals surface area (Å²) < 4.78 is 0. The fraction of sp³-hybridized carbons (Fsp3) is 0.226. The Morgan fingerprint density at radius 1 is 0.897 bits per heavy atom. The number of likely N-dealkylation sites (N-methyl/N-ethyl adjacent to an activating group) is 1. The Kier molecular flexibility index (Phi) is 7.13. The van der Waals surface area contributed by atoms with Gasteiger partial charge in [-0.05, 0) is 53.9 Å². The normalized spacial score (nSPS) is 12.1. The number of nitrogens with zero attached hydrogens (tertiary/aromatic N) is 2. The first-order valence-electron chi connectivity index (χ1n) is 12.9. The summed E-state index contributed by atoms with van der Waals surface area (Å²) in [5.41, 5.74) is 12.8. The maximum atomic E-state index is 13.3. The second-order valence-corrected chi connectivity index (χ2v) is 10.1. The molecule has 1 atom stereocenters. The first-order valence-corrected chi connectivity index (χ1v) is 12.9. The van der Waals surface area contributed by atoms with Gasteiger partial charge in [0.1, 0.15) is 6.10 Å². The zero-order valence-electron chi connectivity index (χ0n) is 22.4. The SMILES string of the molecule is Cc1c(CN(C)C(=O)c2ccc(N)c(CN(C)C(=O)C(O)Cc3c[nH]c4ccccc34)c2)[nH]c2ccccc12. The zero-order valence-corrected chi connectivity index (χ0v) is 22.4. The number of carbonyl (C=O) groups is 2. The van der Waals surface area contributed by atoms with Gasteiger partial charge in [-0.15, -0.1) is 0 Å². The predicted octanol–water partition coefficient (Wildman–Crippen LogP) is 4.37. The lowest BCUT2D eigenvalue weighted by molar-refractivity contribution is -0.139. The van der Waals surface area contributed by atoms with Gasteiger partial charge >= 0.3 is 0 Å². The number of aryl methyl sites for hydroxylation is 1. The van der Waals surface area contributed by atoms with Gasteiger partial charge in [0.15, 0.2) is 0 Å². The Balaban J connectivity index is 1.26. The number of nitrogens with one attached hydrogen (secondary N) is 2. The van der Waals surface area contributed by atoms with Crippen LogP contribution >= 0.6 is 0 Å². The minimum absolute atomic E-state index is 0.150. The first-order chi connectivity index (χ1) is 18.7. The molecule has 3 aromatic carbocycles. The van der Waals surface area contributed by atoms with Gasteiger partial charge in [-0.2, -0.15) is 0 Å². The Hall–Kier alpha value is -4.56. The number of hydrogen-bond donors (Lipinski definition) is 4. The molecule has 2 aromatic heterocycles. The van der Waals surface area contributed by atoms with Crippen molar-refractivity contribution in [2.24, 2.45) is 0 Å². The van der Waals surface area contributed by atoms with Crippen molar-refractivity contribution in [1.29, 1.82) is 0 Å². The number of nitrogen functional groups attached to an aromatic ring is 1. The molecule has 0 spiro atoms. The van der Waals surface area contributed by atoms with Crippen LogP contribution in [0.1, 0.15) is 32.7 Å². The van der Waals surface area contributed by atoms with E-state index in [9.17, 15) is 14.7 Å². The van der Waals surface area contributed by atoms with E-state index in [2.05, 4.69) is 16.0 Å². The van der Waals surface area contributed by atoms with Crippen LogP contribution in [0.5, 0.6) is 0 Å². The minimum Gasteiger partial charge on any atom is -0.398 e. The molecule has 2 heterocycles. The predicted molar refractivity (Wildman–Crippen MR) is 154 cm³/mol. The zero-order chi connectivity index (χ0) is 27.7. The standard InChI is InChI=1S/C31H33N5O3/c1-19-23-8-4-7-11-27(23)34-28(19)18-36(3)30(38)20-12-13-25(32)22(14-20)17-35(2)31(39)29(37)15-21-16-33-26-10-6-5-9-24(21)26/h4-14,16,29,33-34,37H,15,17-18,32H2,1-3H3. The monoisotopic (exact) mass is 523 g/mol. The third-order valence-electron chi connectivity index (χ3n) is 7.36. The Bertz CT molecular complexity index is 1670. The maximum absolute atomic E-state index is 13.3. The molecule has 0 aliphatic heterocycles. The number of rotatable bonds is 8. The van der Waals surface area contributed by atoms with Crippen molar-refractivity contribution in [3.8, 4) is 0 Å². The molecule has 2 amide bonds. The minimum atomic E-state index is -1.20. The molecule has 8 nitrogen and oxygen atoms in total. The average Bonchev–Trinajstić information content (AvgIpc) is 3.49. The summed E-state index contributed by atoms with van der Waals surface area (Å²) in [6.07, 6.45) is 0.812. The molecule has 0 fully saturated rings. The highest BCUT2D eigenvalue weighted by molar-refractivity contribution is 5.95. The lowest BCUT2D eigenvalue weighted by Gasteiger charge is -2.22. The number of H-pyrrole nitrogens is 2. The third kappa shape index (κ3) is 5.24. The average molecular weight is 524 g/mol. The number of aromatic amines is 2. The molecule has 8 heteroatoms. The van der Waals surface area contributed by atoms with Gasteiger partial charge in [-0.1, -0.05) is 36.4 Å². The summed E-state index contributed by atoms with van der Waals surface area (Å²) in [4.78, 5) is 36.0. The number of fused-ring (bicyclic) bond motifs is 2. The van der Waals surface area contributed by atoms with Crippen molar-refractivity contribution in [1.82, 2.24) is 19.8 Å². The van der Waals surface area contributed by atoms with E-state index in [1.54, 1.807) is 37.2 Å². The summed E-state index contributed by atoms with van der Waals surface area (Å²) in [7, 11) is 3.39. The van der Waals surface area contributed by atoms with Crippen molar-refractivity contribution in [3.05, 3.63) is 101 Å². The molecular formula is C31H33N5O3. The van der Waals surface area contributed by atoms with E-state index in [1.165, 1.54) is 4.90 Å². The molecule has 39 heavy (non-hydrogen) atoms. The van der Waals surface area contributed by atoms with Crippen LogP contribution in [-0.4, -0.2) is 56.9 Å². The molecule has 0 radical (unpaired) electrons. The lowest BCUT2D eigenvalue weighted by Crippen LogP contribution is -2.37. The molecule has 0 aliphatic rings. The molecular weight excluding hydrogens is 490 g/mol. The Morgan fingerprint density at radius 2 is 1.59 bits per heavy atom. The van der Waals surface area contributed by atoms with E-state index >= 15 is 0 Å². The number of amides is 2. The van der Waals surface area contributed by atoms with Gasteiger partial charge in [0, 0.05) is 72.0 Å². The number of para-hydroxylation sites is 2. The van der Waals surface area contributed by atoms with Crippen LogP contribution in [0.2, 0.25) is 0 Å². The smallest absolute Gasteiger partial charge is 0.253 e.